The number of hydrogen-bond donors (Lipinski definition) is 1. The molecule has 8 nitrogen and oxygen atoms in total. The Hall–Kier alpha value is -3.20. The smallest absolute Gasteiger partial charge is 0.238 e. The maximum atomic E-state index is 12.9. The van der Waals surface area contributed by atoms with Gasteiger partial charge in [-0.1, -0.05) is 37.9 Å². The number of hydrogen-bond acceptors (Lipinski definition) is 7. The first-order valence-electron chi connectivity index (χ1n) is 11.5. The van der Waals surface area contributed by atoms with Crippen molar-refractivity contribution in [2.75, 3.05) is 25.8 Å². The van der Waals surface area contributed by atoms with Crippen molar-refractivity contribution in [2.45, 2.75) is 44.3 Å². The van der Waals surface area contributed by atoms with Gasteiger partial charge in [0.2, 0.25) is 18.6 Å². The Kier molecular flexibility index (Phi) is 7.95. The molecular formula is C25H29N3O5S. The first-order chi connectivity index (χ1) is 16.5. The van der Waals surface area contributed by atoms with E-state index in [1.165, 1.54) is 29.5 Å². The number of fused-ring (bicyclic) bond motifs is 1. The molecule has 0 bridgehead atoms. The quantitative estimate of drug-likeness (QED) is 0.507. The number of benzene rings is 2. The fraction of sp³-hybridized carbons (Fsp3) is 0.400. The van der Waals surface area contributed by atoms with E-state index < -0.39 is 5.25 Å². The van der Waals surface area contributed by atoms with Gasteiger partial charge in [-0.2, -0.15) is 0 Å². The minimum absolute atomic E-state index is 0.103. The van der Waals surface area contributed by atoms with E-state index in [2.05, 4.69) is 17.2 Å². The second-order valence-corrected chi connectivity index (χ2v) is 9.29. The molecule has 0 aromatic heterocycles. The zero-order valence-electron chi connectivity index (χ0n) is 19.4. The van der Waals surface area contributed by atoms with Crippen LogP contribution < -0.4 is 19.5 Å². The summed E-state index contributed by atoms with van der Waals surface area (Å²) in [5, 5.41) is 2.78. The Bertz CT molecular complexity index is 1060. The van der Waals surface area contributed by atoms with Gasteiger partial charge in [0.25, 0.3) is 0 Å². The highest BCUT2D eigenvalue weighted by atomic mass is 32.2. The van der Waals surface area contributed by atoms with Crippen LogP contribution in [0.2, 0.25) is 0 Å². The van der Waals surface area contributed by atoms with Crippen molar-refractivity contribution in [3.63, 3.8) is 0 Å². The third-order valence-corrected chi connectivity index (χ3v) is 6.77. The van der Waals surface area contributed by atoms with Crippen LogP contribution in [-0.4, -0.2) is 47.6 Å². The van der Waals surface area contributed by atoms with Crippen molar-refractivity contribution in [3.05, 3.63) is 42.5 Å². The zero-order valence-corrected chi connectivity index (χ0v) is 20.2. The van der Waals surface area contributed by atoms with Crippen LogP contribution in [0.15, 0.2) is 47.5 Å². The van der Waals surface area contributed by atoms with Crippen molar-refractivity contribution < 1.29 is 23.8 Å². The summed E-state index contributed by atoms with van der Waals surface area (Å²) in [6.45, 7) is 3.04. The molecule has 0 radical (unpaired) electrons. The SMILES string of the molecule is CCCCCCOc1ccc(NC(=O)C2CC(=O)N(C)C(=Nc3ccc4c(c3)OCO4)S2)cc1. The van der Waals surface area contributed by atoms with E-state index >= 15 is 0 Å². The summed E-state index contributed by atoms with van der Waals surface area (Å²) in [6, 6.07) is 12.6. The van der Waals surface area contributed by atoms with Crippen LogP contribution in [0.1, 0.15) is 39.0 Å². The summed E-state index contributed by atoms with van der Waals surface area (Å²) >= 11 is 1.27. The molecule has 2 aliphatic heterocycles. The number of nitrogens with one attached hydrogen (secondary N) is 1. The highest BCUT2D eigenvalue weighted by Crippen LogP contribution is 2.36. The topological polar surface area (TPSA) is 89.5 Å². The number of anilines is 1. The van der Waals surface area contributed by atoms with Crippen LogP contribution >= 0.6 is 11.8 Å². The molecule has 1 N–H and O–H groups in total. The van der Waals surface area contributed by atoms with E-state index in [-0.39, 0.29) is 25.0 Å². The first-order valence-corrected chi connectivity index (χ1v) is 12.4. The van der Waals surface area contributed by atoms with Crippen molar-refractivity contribution in [1.82, 2.24) is 4.90 Å². The van der Waals surface area contributed by atoms with Crippen molar-refractivity contribution in [2.24, 2.45) is 4.99 Å². The summed E-state index contributed by atoms with van der Waals surface area (Å²) in [5.41, 5.74) is 1.28. The standard InChI is InChI=1S/C25H29N3O5S/c1-3-4-5-6-13-31-19-10-7-17(8-11-19)26-24(30)22-15-23(29)28(2)25(34-22)27-18-9-12-20-21(14-18)33-16-32-20/h7-12,14,22H,3-6,13,15-16H2,1-2H3,(H,26,30). The maximum absolute atomic E-state index is 12.9. The van der Waals surface area contributed by atoms with E-state index in [1.807, 2.05) is 24.3 Å². The largest absolute Gasteiger partial charge is 0.494 e. The van der Waals surface area contributed by atoms with Crippen molar-refractivity contribution in [1.29, 1.82) is 0 Å². The first kappa shape index (κ1) is 23.9. The lowest BCUT2D eigenvalue weighted by Gasteiger charge is -2.28. The third kappa shape index (κ3) is 6.02. The third-order valence-electron chi connectivity index (χ3n) is 5.53. The molecule has 4 rings (SSSR count). The lowest BCUT2D eigenvalue weighted by atomic mass is 10.2. The number of carbonyl (C=O) groups excluding carboxylic acids is 2. The molecule has 0 spiro atoms. The molecule has 34 heavy (non-hydrogen) atoms. The van der Waals surface area contributed by atoms with Crippen LogP contribution in [0.25, 0.3) is 0 Å². The number of carbonyl (C=O) groups is 2. The van der Waals surface area contributed by atoms with Gasteiger partial charge in [0.1, 0.15) is 11.0 Å². The molecule has 2 aliphatic rings. The summed E-state index contributed by atoms with van der Waals surface area (Å²) < 4.78 is 16.5. The monoisotopic (exact) mass is 483 g/mol. The summed E-state index contributed by atoms with van der Waals surface area (Å²) in [4.78, 5) is 31.5. The second kappa shape index (κ2) is 11.3. The molecule has 1 unspecified atom stereocenters. The summed E-state index contributed by atoms with van der Waals surface area (Å²) in [6.07, 6.45) is 4.71. The Morgan fingerprint density at radius 3 is 2.74 bits per heavy atom. The molecular weight excluding hydrogens is 454 g/mol. The zero-order chi connectivity index (χ0) is 23.9. The van der Waals surface area contributed by atoms with Gasteiger partial charge < -0.3 is 19.5 Å². The number of amides is 2. The van der Waals surface area contributed by atoms with Crippen molar-refractivity contribution in [3.8, 4) is 17.2 Å². The fourth-order valence-electron chi connectivity index (χ4n) is 3.54. The molecule has 2 heterocycles. The Morgan fingerprint density at radius 1 is 1.15 bits per heavy atom. The fourth-order valence-corrected chi connectivity index (χ4v) is 4.60. The number of unbranched alkanes of at least 4 members (excludes halogenated alkanes) is 3. The van der Waals surface area contributed by atoms with E-state index in [4.69, 9.17) is 14.2 Å². The van der Waals surface area contributed by atoms with Gasteiger partial charge in [-0.25, -0.2) is 4.99 Å². The normalized spacial score (nSPS) is 18.3. The van der Waals surface area contributed by atoms with Gasteiger partial charge in [0.05, 0.1) is 12.3 Å². The van der Waals surface area contributed by atoms with Crippen molar-refractivity contribution >= 4 is 40.1 Å². The molecule has 1 fully saturated rings. The molecule has 0 aliphatic carbocycles. The number of nitrogens with zero attached hydrogens (tertiary/aromatic N) is 2. The average Bonchev–Trinajstić information content (AvgIpc) is 3.31. The number of amidine groups is 1. The van der Waals surface area contributed by atoms with E-state index in [0.29, 0.717) is 34.6 Å². The second-order valence-electron chi connectivity index (χ2n) is 8.12. The predicted molar refractivity (Wildman–Crippen MR) is 133 cm³/mol. The molecule has 9 heteroatoms. The highest BCUT2D eigenvalue weighted by molar-refractivity contribution is 8.15. The van der Waals surface area contributed by atoms with E-state index in [9.17, 15) is 9.59 Å². The molecule has 2 aromatic rings. The van der Waals surface area contributed by atoms with Gasteiger partial charge in [-0.3, -0.25) is 14.5 Å². The predicted octanol–water partition coefficient (Wildman–Crippen LogP) is 4.96. The van der Waals surface area contributed by atoms with Gasteiger partial charge in [-0.15, -0.1) is 0 Å². The number of rotatable bonds is 9. The van der Waals surface area contributed by atoms with Gasteiger partial charge in [0.15, 0.2) is 16.7 Å². The van der Waals surface area contributed by atoms with E-state index in [1.54, 1.807) is 25.2 Å². The molecule has 2 amide bonds. The maximum Gasteiger partial charge on any atom is 0.238 e. The van der Waals surface area contributed by atoms with Crippen LogP contribution in [0.5, 0.6) is 17.2 Å². The van der Waals surface area contributed by atoms with Gasteiger partial charge in [0, 0.05) is 25.2 Å². The van der Waals surface area contributed by atoms with Gasteiger partial charge >= 0.3 is 0 Å². The Morgan fingerprint density at radius 2 is 1.94 bits per heavy atom. The summed E-state index contributed by atoms with van der Waals surface area (Å²) in [5.74, 6) is 1.65. The minimum atomic E-state index is -0.578. The molecule has 1 atom stereocenters. The number of aliphatic imine (C=N–C) groups is 1. The lowest BCUT2D eigenvalue weighted by Crippen LogP contribution is -2.43. The summed E-state index contributed by atoms with van der Waals surface area (Å²) in [7, 11) is 1.66. The Balaban J connectivity index is 1.36. The minimum Gasteiger partial charge on any atom is -0.494 e. The molecule has 180 valence electrons. The number of thioether (sulfide) groups is 1. The van der Waals surface area contributed by atoms with Crippen LogP contribution in [-0.2, 0) is 9.59 Å². The van der Waals surface area contributed by atoms with Gasteiger partial charge in [-0.05, 0) is 42.8 Å². The molecule has 1 saturated heterocycles. The number of ether oxygens (including phenoxy) is 3. The average molecular weight is 484 g/mol. The lowest BCUT2D eigenvalue weighted by molar-refractivity contribution is -0.128. The van der Waals surface area contributed by atoms with Crippen LogP contribution in [0, 0.1) is 0 Å². The highest BCUT2D eigenvalue weighted by Gasteiger charge is 2.34. The van der Waals surface area contributed by atoms with Crippen LogP contribution in [0.3, 0.4) is 0 Å². The van der Waals surface area contributed by atoms with Crippen LogP contribution in [0.4, 0.5) is 11.4 Å². The molecule has 2 aromatic carbocycles. The van der Waals surface area contributed by atoms with E-state index in [0.717, 1.165) is 18.6 Å². The Labute approximate surface area is 203 Å². The molecule has 0 saturated carbocycles.